The molecule has 0 aliphatic carbocycles. The summed E-state index contributed by atoms with van der Waals surface area (Å²) in [6.45, 7) is 4.36. The lowest BCUT2D eigenvalue weighted by Gasteiger charge is -2.11. The third-order valence-corrected chi connectivity index (χ3v) is 3.76. The Hall–Kier alpha value is -1.51. The van der Waals surface area contributed by atoms with E-state index < -0.39 is 0 Å². The Morgan fingerprint density at radius 1 is 1.15 bits per heavy atom. The molecular formula is C17H19ClO2. The highest BCUT2D eigenvalue weighted by atomic mass is 35.5. The van der Waals surface area contributed by atoms with Crippen LogP contribution in [0.15, 0.2) is 42.5 Å². The first kappa shape index (κ1) is 14.9. The quantitative estimate of drug-likeness (QED) is 0.826. The van der Waals surface area contributed by atoms with E-state index in [-0.39, 0.29) is 6.61 Å². The molecule has 2 rings (SSSR count). The number of hydrogen-bond acceptors (Lipinski definition) is 2. The summed E-state index contributed by atoms with van der Waals surface area (Å²) in [4.78, 5) is 0. The second-order valence-electron chi connectivity index (χ2n) is 4.90. The zero-order chi connectivity index (χ0) is 14.5. The van der Waals surface area contributed by atoms with Gasteiger partial charge in [-0.25, -0.2) is 0 Å². The van der Waals surface area contributed by atoms with Gasteiger partial charge < -0.3 is 9.84 Å². The number of benzene rings is 2. The van der Waals surface area contributed by atoms with Gasteiger partial charge in [-0.3, -0.25) is 0 Å². The zero-order valence-electron chi connectivity index (χ0n) is 11.8. The van der Waals surface area contributed by atoms with E-state index in [1.54, 1.807) is 18.2 Å². The van der Waals surface area contributed by atoms with Gasteiger partial charge in [-0.2, -0.15) is 0 Å². The molecule has 0 fully saturated rings. The summed E-state index contributed by atoms with van der Waals surface area (Å²) in [6.07, 6.45) is 1.12. The Labute approximate surface area is 125 Å². The number of halogens is 1. The molecule has 3 heteroatoms. The van der Waals surface area contributed by atoms with Crippen molar-refractivity contribution >= 4 is 11.6 Å². The van der Waals surface area contributed by atoms with Crippen LogP contribution in [0.25, 0.3) is 0 Å². The highest BCUT2D eigenvalue weighted by molar-refractivity contribution is 6.32. The molecule has 2 aromatic rings. The molecule has 1 unspecified atom stereocenters. The van der Waals surface area contributed by atoms with E-state index in [4.69, 9.17) is 21.4 Å². The molecule has 0 amide bonds. The van der Waals surface area contributed by atoms with Crippen LogP contribution in [0.3, 0.4) is 0 Å². The summed E-state index contributed by atoms with van der Waals surface area (Å²) >= 11 is 6.13. The first-order valence-electron chi connectivity index (χ1n) is 6.81. The fourth-order valence-corrected chi connectivity index (χ4v) is 2.19. The Kier molecular flexibility index (Phi) is 5.05. The van der Waals surface area contributed by atoms with Gasteiger partial charge in [0.15, 0.2) is 0 Å². The molecule has 1 atom stereocenters. The summed E-state index contributed by atoms with van der Waals surface area (Å²) in [6, 6.07) is 13.4. The number of rotatable bonds is 5. The van der Waals surface area contributed by atoms with Gasteiger partial charge in [-0.15, -0.1) is 0 Å². The lowest BCUT2D eigenvalue weighted by Crippen LogP contribution is -1.92. The van der Waals surface area contributed by atoms with Crippen molar-refractivity contribution < 1.29 is 9.84 Å². The zero-order valence-corrected chi connectivity index (χ0v) is 12.5. The highest BCUT2D eigenvalue weighted by Gasteiger charge is 2.06. The molecule has 0 saturated carbocycles. The van der Waals surface area contributed by atoms with Crippen LogP contribution in [0.4, 0.5) is 0 Å². The molecule has 1 N–H and O–H groups in total. The largest absolute Gasteiger partial charge is 0.456 e. The van der Waals surface area contributed by atoms with Crippen molar-refractivity contribution in [2.24, 2.45) is 0 Å². The Balaban J connectivity index is 2.14. The summed E-state index contributed by atoms with van der Waals surface area (Å²) in [5, 5.41) is 9.55. The number of aliphatic hydroxyl groups excluding tert-OH is 1. The fraction of sp³-hybridized carbons (Fsp3) is 0.294. The van der Waals surface area contributed by atoms with E-state index in [0.717, 1.165) is 17.7 Å². The lowest BCUT2D eigenvalue weighted by molar-refractivity contribution is 0.281. The SMILES string of the molecule is CCC(C)c1ccc(Oc2ccc(CO)cc2Cl)cc1. The van der Waals surface area contributed by atoms with Crippen LogP contribution in [-0.2, 0) is 6.61 Å². The first-order valence-corrected chi connectivity index (χ1v) is 7.19. The summed E-state index contributed by atoms with van der Waals surface area (Å²) in [5.41, 5.74) is 2.08. The van der Waals surface area contributed by atoms with Gasteiger partial charge >= 0.3 is 0 Å². The minimum Gasteiger partial charge on any atom is -0.456 e. The van der Waals surface area contributed by atoms with Crippen LogP contribution in [0.1, 0.15) is 37.3 Å². The maximum absolute atomic E-state index is 9.05. The van der Waals surface area contributed by atoms with Crippen LogP contribution in [0.5, 0.6) is 11.5 Å². The summed E-state index contributed by atoms with van der Waals surface area (Å²) in [7, 11) is 0. The maximum atomic E-state index is 9.05. The fourth-order valence-electron chi connectivity index (χ4n) is 1.95. The Bertz CT molecular complexity index is 564. The standard InChI is InChI=1S/C17H19ClO2/c1-3-12(2)14-5-7-15(8-6-14)20-17-9-4-13(11-19)10-16(17)18/h4-10,12,19H,3,11H2,1-2H3. The van der Waals surface area contributed by atoms with Crippen molar-refractivity contribution in [3.05, 3.63) is 58.6 Å². The van der Waals surface area contributed by atoms with Gasteiger partial charge in [0.2, 0.25) is 0 Å². The van der Waals surface area contributed by atoms with E-state index in [0.29, 0.717) is 16.7 Å². The van der Waals surface area contributed by atoms with Gasteiger partial charge in [0.05, 0.1) is 11.6 Å². The van der Waals surface area contributed by atoms with Crippen LogP contribution in [0.2, 0.25) is 5.02 Å². The Morgan fingerprint density at radius 2 is 1.85 bits per heavy atom. The van der Waals surface area contributed by atoms with Crippen molar-refractivity contribution in [3.8, 4) is 11.5 Å². The third kappa shape index (κ3) is 3.53. The van der Waals surface area contributed by atoms with Crippen LogP contribution >= 0.6 is 11.6 Å². The van der Waals surface area contributed by atoms with Gasteiger partial charge in [0, 0.05) is 0 Å². The Morgan fingerprint density at radius 3 is 2.40 bits per heavy atom. The second kappa shape index (κ2) is 6.78. The number of aliphatic hydroxyl groups is 1. The van der Waals surface area contributed by atoms with E-state index >= 15 is 0 Å². The topological polar surface area (TPSA) is 29.5 Å². The number of ether oxygens (including phenoxy) is 1. The van der Waals surface area contributed by atoms with Crippen LogP contribution in [-0.4, -0.2) is 5.11 Å². The average Bonchev–Trinajstić information content (AvgIpc) is 2.49. The van der Waals surface area contributed by atoms with Gasteiger partial charge in [0.25, 0.3) is 0 Å². The summed E-state index contributed by atoms with van der Waals surface area (Å²) < 4.78 is 5.76. The first-order chi connectivity index (χ1) is 9.63. The molecule has 0 aliphatic rings. The van der Waals surface area contributed by atoms with Crippen LogP contribution < -0.4 is 4.74 Å². The van der Waals surface area contributed by atoms with Gasteiger partial charge in [0.1, 0.15) is 11.5 Å². The van der Waals surface area contributed by atoms with Crippen molar-refractivity contribution in [1.29, 1.82) is 0 Å². The minimum atomic E-state index is -0.0242. The predicted octanol–water partition coefficient (Wildman–Crippen LogP) is 5.14. The molecule has 2 nitrogen and oxygen atoms in total. The van der Waals surface area contributed by atoms with Crippen molar-refractivity contribution in [2.75, 3.05) is 0 Å². The molecule has 0 bridgehead atoms. The average molecular weight is 291 g/mol. The van der Waals surface area contributed by atoms with Crippen LogP contribution in [0, 0.1) is 0 Å². The predicted molar refractivity (Wildman–Crippen MR) is 82.6 cm³/mol. The highest BCUT2D eigenvalue weighted by Crippen LogP contribution is 2.31. The van der Waals surface area contributed by atoms with Crippen molar-refractivity contribution in [1.82, 2.24) is 0 Å². The molecule has 0 aliphatic heterocycles. The molecule has 0 spiro atoms. The molecule has 0 saturated heterocycles. The monoisotopic (exact) mass is 290 g/mol. The smallest absolute Gasteiger partial charge is 0.146 e. The molecule has 2 aromatic carbocycles. The molecule has 0 radical (unpaired) electrons. The van der Waals surface area contributed by atoms with Crippen molar-refractivity contribution in [2.45, 2.75) is 32.8 Å². The summed E-state index contributed by atoms with van der Waals surface area (Å²) in [5.74, 6) is 1.91. The van der Waals surface area contributed by atoms with Gasteiger partial charge in [-0.1, -0.05) is 43.6 Å². The minimum absolute atomic E-state index is 0.0242. The van der Waals surface area contributed by atoms with Crippen molar-refractivity contribution in [3.63, 3.8) is 0 Å². The van der Waals surface area contributed by atoms with E-state index in [9.17, 15) is 0 Å². The molecule has 106 valence electrons. The third-order valence-electron chi connectivity index (χ3n) is 3.47. The van der Waals surface area contributed by atoms with E-state index in [1.165, 1.54) is 5.56 Å². The molecule has 0 heterocycles. The normalized spacial score (nSPS) is 12.2. The number of hydrogen-bond donors (Lipinski definition) is 1. The van der Waals surface area contributed by atoms with E-state index in [1.807, 2.05) is 12.1 Å². The second-order valence-corrected chi connectivity index (χ2v) is 5.31. The molecular weight excluding hydrogens is 272 g/mol. The maximum Gasteiger partial charge on any atom is 0.146 e. The van der Waals surface area contributed by atoms with E-state index in [2.05, 4.69) is 26.0 Å². The molecule has 20 heavy (non-hydrogen) atoms. The lowest BCUT2D eigenvalue weighted by atomic mass is 9.99. The van der Waals surface area contributed by atoms with Gasteiger partial charge in [-0.05, 0) is 47.7 Å². The molecule has 0 aromatic heterocycles.